The lowest BCUT2D eigenvalue weighted by Crippen LogP contribution is -2.31. The van der Waals surface area contributed by atoms with Gasteiger partial charge in [-0.2, -0.15) is 0 Å². The van der Waals surface area contributed by atoms with Gasteiger partial charge in [-0.05, 0) is 26.0 Å². The second kappa shape index (κ2) is 4.77. The first-order valence-electron chi connectivity index (χ1n) is 4.95. The molecule has 0 bridgehead atoms. The lowest BCUT2D eigenvalue weighted by atomic mass is 10.1. The van der Waals surface area contributed by atoms with E-state index in [0.29, 0.717) is 13.1 Å². The fourth-order valence-electron chi connectivity index (χ4n) is 1.40. The Kier molecular flexibility index (Phi) is 3.66. The number of carbonyl (C=O) groups is 1. The van der Waals surface area contributed by atoms with Crippen molar-refractivity contribution in [3.63, 3.8) is 0 Å². The van der Waals surface area contributed by atoms with E-state index in [2.05, 4.69) is 0 Å². The van der Waals surface area contributed by atoms with Crippen LogP contribution in [0.2, 0.25) is 0 Å². The van der Waals surface area contributed by atoms with E-state index in [0.717, 1.165) is 0 Å². The van der Waals surface area contributed by atoms with Crippen LogP contribution in [0, 0.1) is 5.82 Å². The summed E-state index contributed by atoms with van der Waals surface area (Å²) >= 11 is 0. The van der Waals surface area contributed by atoms with Gasteiger partial charge in [-0.1, -0.05) is 6.07 Å². The maximum absolute atomic E-state index is 13.1. The summed E-state index contributed by atoms with van der Waals surface area (Å²) in [5.74, 6) is -0.773. The van der Waals surface area contributed by atoms with E-state index >= 15 is 0 Å². The van der Waals surface area contributed by atoms with Crippen molar-refractivity contribution in [3.8, 4) is 0 Å². The molecule has 2 N–H and O–H groups in total. The van der Waals surface area contributed by atoms with Gasteiger partial charge in [0.05, 0.1) is 11.3 Å². The summed E-state index contributed by atoms with van der Waals surface area (Å²) < 4.78 is 13.1. The molecule has 0 atom stereocenters. The molecule has 4 heteroatoms. The number of nitrogen functional groups attached to an aromatic ring is 1. The molecule has 1 amide bonds. The Hall–Kier alpha value is -1.58. The summed E-state index contributed by atoms with van der Waals surface area (Å²) in [4.78, 5) is 13.5. The van der Waals surface area contributed by atoms with Gasteiger partial charge in [-0.15, -0.1) is 0 Å². The lowest BCUT2D eigenvalue weighted by molar-refractivity contribution is 0.0773. The number of nitrogens with two attached hydrogens (primary N) is 1. The molecule has 1 rings (SSSR count). The Morgan fingerprint density at radius 2 is 2.00 bits per heavy atom. The first-order chi connectivity index (χ1) is 7.11. The molecule has 1 aromatic carbocycles. The fourth-order valence-corrected chi connectivity index (χ4v) is 1.40. The standard InChI is InChI=1S/C11H15FN2O/c1-3-14(4-2)11(15)8-6-5-7-9(12)10(8)13/h5-7H,3-4,13H2,1-2H3. The minimum absolute atomic E-state index is 0.0746. The number of nitrogens with zero attached hydrogens (tertiary/aromatic N) is 1. The van der Waals surface area contributed by atoms with Crippen molar-refractivity contribution >= 4 is 11.6 Å². The molecule has 0 aromatic heterocycles. The monoisotopic (exact) mass is 210 g/mol. The second-order valence-electron chi connectivity index (χ2n) is 3.18. The predicted molar refractivity (Wildman–Crippen MR) is 58.1 cm³/mol. The number of benzene rings is 1. The third kappa shape index (κ3) is 2.26. The van der Waals surface area contributed by atoms with Gasteiger partial charge in [0.1, 0.15) is 5.82 Å². The van der Waals surface area contributed by atoms with Crippen LogP contribution in [0.5, 0.6) is 0 Å². The smallest absolute Gasteiger partial charge is 0.256 e. The first-order valence-corrected chi connectivity index (χ1v) is 4.95. The van der Waals surface area contributed by atoms with Gasteiger partial charge >= 0.3 is 0 Å². The molecule has 15 heavy (non-hydrogen) atoms. The summed E-state index contributed by atoms with van der Waals surface area (Å²) in [6.45, 7) is 4.92. The van der Waals surface area contributed by atoms with Crippen molar-refractivity contribution in [2.45, 2.75) is 13.8 Å². The molecular weight excluding hydrogens is 195 g/mol. The zero-order valence-electron chi connectivity index (χ0n) is 8.96. The fraction of sp³-hybridized carbons (Fsp3) is 0.364. The summed E-state index contributed by atoms with van der Waals surface area (Å²) in [6, 6.07) is 4.27. The topological polar surface area (TPSA) is 46.3 Å². The molecule has 1 aromatic rings. The van der Waals surface area contributed by atoms with E-state index < -0.39 is 5.82 Å². The number of para-hydroxylation sites is 1. The highest BCUT2D eigenvalue weighted by atomic mass is 19.1. The number of halogens is 1. The zero-order valence-corrected chi connectivity index (χ0v) is 8.96. The van der Waals surface area contributed by atoms with Crippen LogP contribution in [-0.4, -0.2) is 23.9 Å². The average molecular weight is 210 g/mol. The van der Waals surface area contributed by atoms with E-state index in [1.807, 2.05) is 13.8 Å². The molecule has 0 aliphatic rings. The van der Waals surface area contributed by atoms with Gasteiger partial charge in [0.15, 0.2) is 0 Å². The molecule has 0 radical (unpaired) electrons. The van der Waals surface area contributed by atoms with Crippen LogP contribution in [0.3, 0.4) is 0 Å². The number of hydrogen-bond acceptors (Lipinski definition) is 2. The highest BCUT2D eigenvalue weighted by Crippen LogP contribution is 2.17. The molecule has 0 aliphatic carbocycles. The summed E-state index contributed by atoms with van der Waals surface area (Å²) in [7, 11) is 0. The van der Waals surface area contributed by atoms with Crippen molar-refractivity contribution in [1.29, 1.82) is 0 Å². The van der Waals surface area contributed by atoms with Crippen molar-refractivity contribution < 1.29 is 9.18 Å². The predicted octanol–water partition coefficient (Wildman–Crippen LogP) is 1.89. The van der Waals surface area contributed by atoms with E-state index in [9.17, 15) is 9.18 Å². The van der Waals surface area contributed by atoms with Crippen molar-refractivity contribution in [1.82, 2.24) is 4.90 Å². The van der Waals surface area contributed by atoms with E-state index in [4.69, 9.17) is 5.73 Å². The van der Waals surface area contributed by atoms with Gasteiger partial charge in [0, 0.05) is 13.1 Å². The quantitative estimate of drug-likeness (QED) is 0.774. The molecule has 0 saturated heterocycles. The molecule has 82 valence electrons. The summed E-state index contributed by atoms with van der Waals surface area (Å²) in [6.07, 6.45) is 0. The number of carbonyl (C=O) groups excluding carboxylic acids is 1. The Morgan fingerprint density at radius 1 is 1.40 bits per heavy atom. The van der Waals surface area contributed by atoms with E-state index in [1.54, 1.807) is 11.0 Å². The zero-order chi connectivity index (χ0) is 11.4. The van der Waals surface area contributed by atoms with E-state index in [1.165, 1.54) is 12.1 Å². The molecule has 0 fully saturated rings. The van der Waals surface area contributed by atoms with Gasteiger partial charge in [-0.25, -0.2) is 4.39 Å². The molecule has 0 aliphatic heterocycles. The average Bonchev–Trinajstić information content (AvgIpc) is 2.23. The molecule has 3 nitrogen and oxygen atoms in total. The SMILES string of the molecule is CCN(CC)C(=O)c1cccc(F)c1N. The minimum Gasteiger partial charge on any atom is -0.396 e. The van der Waals surface area contributed by atoms with Crippen LogP contribution >= 0.6 is 0 Å². The van der Waals surface area contributed by atoms with Crippen LogP contribution in [0.25, 0.3) is 0 Å². The molecule has 0 unspecified atom stereocenters. The van der Waals surface area contributed by atoms with Crippen LogP contribution in [0.1, 0.15) is 24.2 Å². The Labute approximate surface area is 88.7 Å². The second-order valence-corrected chi connectivity index (χ2v) is 3.18. The van der Waals surface area contributed by atoms with Gasteiger partial charge < -0.3 is 10.6 Å². The number of amides is 1. The Morgan fingerprint density at radius 3 is 2.53 bits per heavy atom. The first kappa shape index (κ1) is 11.5. The molecule has 0 saturated carbocycles. The highest BCUT2D eigenvalue weighted by Gasteiger charge is 2.16. The van der Waals surface area contributed by atoms with Gasteiger partial charge in [0.25, 0.3) is 5.91 Å². The maximum Gasteiger partial charge on any atom is 0.256 e. The summed E-state index contributed by atoms with van der Waals surface area (Å²) in [5, 5.41) is 0. The largest absolute Gasteiger partial charge is 0.396 e. The minimum atomic E-state index is -0.548. The maximum atomic E-state index is 13.1. The Bertz CT molecular complexity index is 362. The Balaban J connectivity index is 3.05. The number of rotatable bonds is 3. The number of anilines is 1. The number of hydrogen-bond donors (Lipinski definition) is 1. The third-order valence-corrected chi connectivity index (χ3v) is 2.33. The van der Waals surface area contributed by atoms with E-state index in [-0.39, 0.29) is 17.2 Å². The van der Waals surface area contributed by atoms with Crippen LogP contribution in [-0.2, 0) is 0 Å². The lowest BCUT2D eigenvalue weighted by Gasteiger charge is -2.19. The van der Waals surface area contributed by atoms with Crippen molar-refractivity contribution in [3.05, 3.63) is 29.6 Å². The van der Waals surface area contributed by atoms with Crippen LogP contribution in [0.15, 0.2) is 18.2 Å². The van der Waals surface area contributed by atoms with Gasteiger partial charge in [-0.3, -0.25) is 4.79 Å². The molecule has 0 spiro atoms. The third-order valence-electron chi connectivity index (χ3n) is 2.33. The molecular formula is C11H15FN2O. The highest BCUT2D eigenvalue weighted by molar-refractivity contribution is 5.99. The van der Waals surface area contributed by atoms with Crippen LogP contribution in [0.4, 0.5) is 10.1 Å². The van der Waals surface area contributed by atoms with Crippen molar-refractivity contribution in [2.75, 3.05) is 18.8 Å². The summed E-state index contributed by atoms with van der Waals surface area (Å²) in [5.41, 5.74) is 5.67. The van der Waals surface area contributed by atoms with Crippen LogP contribution < -0.4 is 5.73 Å². The molecule has 0 heterocycles. The van der Waals surface area contributed by atoms with Gasteiger partial charge in [0.2, 0.25) is 0 Å². The van der Waals surface area contributed by atoms with Crippen molar-refractivity contribution in [2.24, 2.45) is 0 Å². The normalized spacial score (nSPS) is 10.1.